The maximum atomic E-state index is 13.6. The third kappa shape index (κ3) is 3.10. The molecule has 2 aromatic rings. The molecule has 0 spiro atoms. The van der Waals surface area contributed by atoms with Crippen molar-refractivity contribution < 1.29 is 18.3 Å². The molecule has 0 unspecified atom stereocenters. The molecule has 0 aliphatic rings. The number of hydrogen-bond donors (Lipinski definition) is 2. The fourth-order valence-electron chi connectivity index (χ4n) is 1.83. The van der Waals surface area contributed by atoms with Crippen LogP contribution in [0.2, 0.25) is 0 Å². The van der Waals surface area contributed by atoms with Crippen LogP contribution in [0.3, 0.4) is 0 Å². The molecule has 2 rings (SSSR count). The van der Waals surface area contributed by atoms with E-state index in [1.54, 1.807) is 25.1 Å². The van der Waals surface area contributed by atoms with Gasteiger partial charge in [-0.25, -0.2) is 8.78 Å². The number of carbonyl (C=O) groups is 1. The van der Waals surface area contributed by atoms with Crippen LogP contribution in [0, 0.1) is 18.6 Å². The average Bonchev–Trinajstić information content (AvgIpc) is 2.44. The highest BCUT2D eigenvalue weighted by atomic mass is 19.1. The summed E-state index contributed by atoms with van der Waals surface area (Å²) < 4.78 is 31.8. The van der Waals surface area contributed by atoms with E-state index in [1.165, 1.54) is 7.11 Å². The number of anilines is 2. The molecule has 21 heavy (non-hydrogen) atoms. The van der Waals surface area contributed by atoms with Gasteiger partial charge < -0.3 is 15.8 Å². The smallest absolute Gasteiger partial charge is 0.258 e. The van der Waals surface area contributed by atoms with E-state index in [0.29, 0.717) is 17.5 Å². The summed E-state index contributed by atoms with van der Waals surface area (Å²) >= 11 is 0. The van der Waals surface area contributed by atoms with E-state index in [-0.39, 0.29) is 11.3 Å². The number of aryl methyl sites for hydroxylation is 1. The van der Waals surface area contributed by atoms with Crippen molar-refractivity contribution in [3.63, 3.8) is 0 Å². The zero-order valence-electron chi connectivity index (χ0n) is 11.5. The van der Waals surface area contributed by atoms with Crippen molar-refractivity contribution in [2.75, 3.05) is 18.2 Å². The van der Waals surface area contributed by atoms with Crippen molar-refractivity contribution in [3.8, 4) is 5.75 Å². The van der Waals surface area contributed by atoms with E-state index in [9.17, 15) is 13.6 Å². The van der Waals surface area contributed by atoms with Gasteiger partial charge in [0.2, 0.25) is 0 Å². The quantitative estimate of drug-likeness (QED) is 0.854. The molecule has 0 saturated carbocycles. The third-order valence-corrected chi connectivity index (χ3v) is 3.01. The Kier molecular flexibility index (Phi) is 4.07. The Balaban J connectivity index is 2.28. The van der Waals surface area contributed by atoms with Gasteiger partial charge in [-0.05, 0) is 36.8 Å². The summed E-state index contributed by atoms with van der Waals surface area (Å²) in [5.74, 6) is -1.93. The first-order valence-corrected chi connectivity index (χ1v) is 6.13. The van der Waals surface area contributed by atoms with Gasteiger partial charge in [0.1, 0.15) is 17.4 Å². The molecule has 0 aliphatic carbocycles. The van der Waals surface area contributed by atoms with Crippen molar-refractivity contribution in [1.29, 1.82) is 0 Å². The molecule has 2 aromatic carbocycles. The van der Waals surface area contributed by atoms with Crippen LogP contribution in [0.1, 0.15) is 15.9 Å². The van der Waals surface area contributed by atoms with Crippen LogP contribution in [0.4, 0.5) is 20.2 Å². The second-order valence-corrected chi connectivity index (χ2v) is 4.49. The fraction of sp³-hybridized carbons (Fsp3) is 0.133. The first-order valence-electron chi connectivity index (χ1n) is 6.13. The van der Waals surface area contributed by atoms with Gasteiger partial charge in [0.05, 0.1) is 18.4 Å². The number of nitrogens with two attached hydrogens (primary N) is 1. The van der Waals surface area contributed by atoms with Gasteiger partial charge in [0, 0.05) is 11.8 Å². The molecule has 110 valence electrons. The van der Waals surface area contributed by atoms with Crippen LogP contribution in [0.15, 0.2) is 30.3 Å². The summed E-state index contributed by atoms with van der Waals surface area (Å²) in [4.78, 5) is 12.0. The van der Waals surface area contributed by atoms with Gasteiger partial charge in [-0.15, -0.1) is 0 Å². The summed E-state index contributed by atoms with van der Waals surface area (Å²) in [5, 5.41) is 2.55. The molecule has 4 nitrogen and oxygen atoms in total. The number of nitrogens with one attached hydrogen (secondary N) is 1. The molecule has 0 saturated heterocycles. The number of nitrogen functional groups attached to an aromatic ring is 1. The minimum absolute atomic E-state index is 0.284. The molecule has 6 heteroatoms. The zero-order chi connectivity index (χ0) is 15.6. The van der Waals surface area contributed by atoms with Gasteiger partial charge in [-0.2, -0.15) is 0 Å². The SMILES string of the molecule is COc1ccc(NC(=O)c2cc(N)c(F)cc2F)c(C)c1. The highest BCUT2D eigenvalue weighted by Crippen LogP contribution is 2.23. The number of hydrogen-bond acceptors (Lipinski definition) is 3. The Hall–Kier alpha value is -2.63. The van der Waals surface area contributed by atoms with Crippen molar-refractivity contribution in [3.05, 3.63) is 53.1 Å². The first-order chi connectivity index (χ1) is 9.92. The van der Waals surface area contributed by atoms with Gasteiger partial charge in [0.15, 0.2) is 0 Å². The Morgan fingerprint density at radius 1 is 1.19 bits per heavy atom. The number of halogens is 2. The summed E-state index contributed by atoms with van der Waals surface area (Å²) in [7, 11) is 1.53. The zero-order valence-corrected chi connectivity index (χ0v) is 11.5. The first kappa shape index (κ1) is 14.8. The molecular weight excluding hydrogens is 278 g/mol. The molecule has 0 bridgehead atoms. The van der Waals surface area contributed by atoms with Gasteiger partial charge in [-0.1, -0.05) is 0 Å². The number of rotatable bonds is 3. The summed E-state index contributed by atoms with van der Waals surface area (Å²) in [6.07, 6.45) is 0. The van der Waals surface area contributed by atoms with E-state index < -0.39 is 17.5 Å². The highest BCUT2D eigenvalue weighted by Gasteiger charge is 2.16. The Morgan fingerprint density at radius 2 is 1.90 bits per heavy atom. The van der Waals surface area contributed by atoms with Crippen molar-refractivity contribution in [2.45, 2.75) is 6.92 Å². The Labute approximate surface area is 120 Å². The summed E-state index contributed by atoms with van der Waals surface area (Å²) in [5.41, 5.74) is 6.00. The van der Waals surface area contributed by atoms with Gasteiger partial charge in [-0.3, -0.25) is 4.79 Å². The lowest BCUT2D eigenvalue weighted by molar-refractivity contribution is 0.102. The molecule has 3 N–H and O–H groups in total. The van der Waals surface area contributed by atoms with Gasteiger partial charge >= 0.3 is 0 Å². The second-order valence-electron chi connectivity index (χ2n) is 4.49. The molecule has 0 radical (unpaired) electrons. The molecule has 0 fully saturated rings. The van der Waals surface area contributed by atoms with E-state index in [1.807, 2.05) is 0 Å². The molecule has 0 atom stereocenters. The standard InChI is InChI=1S/C15H14F2N2O2/c1-8-5-9(21-2)3-4-14(8)19-15(20)10-6-13(18)12(17)7-11(10)16/h3-7H,18H2,1-2H3,(H,19,20). The number of methoxy groups -OCH3 is 1. The number of carbonyl (C=O) groups excluding carboxylic acids is 1. The van der Waals surface area contributed by atoms with Crippen LogP contribution in [0.25, 0.3) is 0 Å². The lowest BCUT2D eigenvalue weighted by atomic mass is 10.1. The lowest BCUT2D eigenvalue weighted by Crippen LogP contribution is -2.15. The minimum Gasteiger partial charge on any atom is -0.497 e. The number of ether oxygens (including phenoxy) is 1. The van der Waals surface area contributed by atoms with Crippen LogP contribution >= 0.6 is 0 Å². The van der Waals surface area contributed by atoms with Gasteiger partial charge in [0.25, 0.3) is 5.91 Å². The second kappa shape index (κ2) is 5.78. The minimum atomic E-state index is -0.967. The maximum absolute atomic E-state index is 13.6. The van der Waals surface area contributed by atoms with Crippen molar-refractivity contribution in [1.82, 2.24) is 0 Å². The lowest BCUT2D eigenvalue weighted by Gasteiger charge is -2.11. The Morgan fingerprint density at radius 3 is 2.52 bits per heavy atom. The summed E-state index contributed by atoms with van der Waals surface area (Å²) in [6.45, 7) is 1.77. The van der Waals surface area contributed by atoms with E-state index >= 15 is 0 Å². The Bertz CT molecular complexity index is 702. The van der Waals surface area contributed by atoms with Crippen LogP contribution < -0.4 is 15.8 Å². The predicted molar refractivity (Wildman–Crippen MR) is 76.5 cm³/mol. The largest absolute Gasteiger partial charge is 0.497 e. The normalized spacial score (nSPS) is 10.3. The van der Waals surface area contributed by atoms with Crippen LogP contribution in [-0.4, -0.2) is 13.0 Å². The molecule has 0 heterocycles. The van der Waals surface area contributed by atoms with Crippen molar-refractivity contribution >= 4 is 17.3 Å². The van der Waals surface area contributed by atoms with Crippen LogP contribution in [-0.2, 0) is 0 Å². The number of amides is 1. The number of benzene rings is 2. The predicted octanol–water partition coefficient (Wildman–Crippen LogP) is 3.12. The molecular formula is C15H14F2N2O2. The van der Waals surface area contributed by atoms with Crippen LogP contribution in [0.5, 0.6) is 5.75 Å². The average molecular weight is 292 g/mol. The van der Waals surface area contributed by atoms with E-state index in [4.69, 9.17) is 10.5 Å². The fourth-order valence-corrected chi connectivity index (χ4v) is 1.83. The molecule has 0 aromatic heterocycles. The van der Waals surface area contributed by atoms with Crippen molar-refractivity contribution in [2.24, 2.45) is 0 Å². The van der Waals surface area contributed by atoms with E-state index in [2.05, 4.69) is 5.32 Å². The molecule has 0 aliphatic heterocycles. The molecule has 1 amide bonds. The van der Waals surface area contributed by atoms with E-state index in [0.717, 1.165) is 11.6 Å². The third-order valence-electron chi connectivity index (χ3n) is 3.01. The monoisotopic (exact) mass is 292 g/mol. The summed E-state index contributed by atoms with van der Waals surface area (Å²) in [6, 6.07) is 6.59. The highest BCUT2D eigenvalue weighted by molar-refractivity contribution is 6.05. The maximum Gasteiger partial charge on any atom is 0.258 e. The topological polar surface area (TPSA) is 64.3 Å².